The first-order valence-electron chi connectivity index (χ1n) is 2.62. The molecule has 0 aromatic carbocycles. The normalized spacial score (nSPS) is 8.11. The van der Waals surface area contributed by atoms with E-state index in [9.17, 15) is 0 Å². The first-order valence-corrected chi connectivity index (χ1v) is 2.62. The Labute approximate surface area is 54.6 Å². The summed E-state index contributed by atoms with van der Waals surface area (Å²) in [4.78, 5) is 0. The van der Waals surface area contributed by atoms with Gasteiger partial charge in [0.25, 0.3) is 0 Å². The van der Waals surface area contributed by atoms with Crippen LogP contribution in [0.2, 0.25) is 0 Å². The highest BCUT2D eigenvalue weighted by molar-refractivity contribution is 4.80. The Morgan fingerprint density at radius 3 is 2.89 bits per heavy atom. The van der Waals surface area contributed by atoms with E-state index in [1.54, 1.807) is 0 Å². The molecule has 0 bridgehead atoms. The molecule has 2 N–H and O–H groups in total. The molecule has 0 aliphatic carbocycles. The highest BCUT2D eigenvalue weighted by atomic mass is 16.5. The summed E-state index contributed by atoms with van der Waals surface area (Å²) in [5.41, 5.74) is 0. The molecule has 52 valence electrons. The maximum atomic E-state index is 8.30. The van der Waals surface area contributed by atoms with Gasteiger partial charge in [-0.05, 0) is 6.58 Å². The predicted molar refractivity (Wildman–Crippen MR) is 35.5 cm³/mol. The van der Waals surface area contributed by atoms with Crippen LogP contribution in [0, 0.1) is 0 Å². The molecule has 0 aliphatic rings. The van der Waals surface area contributed by atoms with Crippen LogP contribution in [-0.2, 0) is 4.74 Å². The molecule has 0 spiro atoms. The summed E-state index contributed by atoms with van der Waals surface area (Å²) in [6.45, 7) is 7.31. The van der Waals surface area contributed by atoms with Crippen molar-refractivity contribution in [2.75, 3.05) is 13.2 Å². The summed E-state index contributed by atoms with van der Waals surface area (Å²) in [7, 11) is 0. The van der Waals surface area contributed by atoms with E-state index in [0.717, 1.165) is 0 Å². The van der Waals surface area contributed by atoms with E-state index in [1.807, 2.05) is 0 Å². The molecule has 0 aromatic heterocycles. The summed E-state index contributed by atoms with van der Waals surface area (Å²) in [6.07, 6.45) is 1.27. The van der Waals surface area contributed by atoms with Crippen molar-refractivity contribution < 1.29 is 9.84 Å². The molecule has 0 amide bonds. The monoisotopic (exact) mass is 129 g/mol. The standard InChI is InChI=1S/C6H11NO2/c1-3-9-6(2)7-4-5-8/h3,7-8H,1-2,4-5H2. The van der Waals surface area contributed by atoms with Crippen LogP contribution in [-0.4, -0.2) is 18.3 Å². The first kappa shape index (κ1) is 8.04. The second-order valence-electron chi connectivity index (χ2n) is 1.36. The highest BCUT2D eigenvalue weighted by Gasteiger charge is 1.85. The number of ether oxygens (including phenoxy) is 1. The third kappa shape index (κ3) is 4.90. The van der Waals surface area contributed by atoms with Crippen molar-refractivity contribution in [3.05, 3.63) is 25.3 Å². The number of rotatable bonds is 5. The molecular weight excluding hydrogens is 118 g/mol. The second-order valence-corrected chi connectivity index (χ2v) is 1.36. The number of nitrogens with one attached hydrogen (secondary N) is 1. The molecule has 0 aromatic rings. The van der Waals surface area contributed by atoms with Gasteiger partial charge in [0.05, 0.1) is 12.9 Å². The summed E-state index contributed by atoms with van der Waals surface area (Å²) in [6, 6.07) is 0. The van der Waals surface area contributed by atoms with Gasteiger partial charge in [-0.2, -0.15) is 0 Å². The number of hydrogen-bond donors (Lipinski definition) is 2. The largest absolute Gasteiger partial charge is 0.450 e. The van der Waals surface area contributed by atoms with Crippen LogP contribution in [0.3, 0.4) is 0 Å². The molecular formula is C6H11NO2. The Morgan fingerprint density at radius 2 is 2.44 bits per heavy atom. The van der Waals surface area contributed by atoms with Gasteiger partial charge < -0.3 is 15.2 Å². The third-order valence-corrected chi connectivity index (χ3v) is 0.660. The molecule has 0 fully saturated rings. The van der Waals surface area contributed by atoms with Crippen molar-refractivity contribution in [2.24, 2.45) is 0 Å². The van der Waals surface area contributed by atoms with Crippen molar-refractivity contribution in [3.8, 4) is 0 Å². The van der Waals surface area contributed by atoms with Crippen molar-refractivity contribution >= 4 is 0 Å². The fourth-order valence-electron chi connectivity index (χ4n) is 0.338. The highest BCUT2D eigenvalue weighted by Crippen LogP contribution is 1.84. The SMILES string of the molecule is C=COC(=C)NCCO. The van der Waals surface area contributed by atoms with Crippen molar-refractivity contribution in [2.45, 2.75) is 0 Å². The van der Waals surface area contributed by atoms with Gasteiger partial charge in [0.1, 0.15) is 0 Å². The zero-order valence-corrected chi connectivity index (χ0v) is 5.26. The average molecular weight is 129 g/mol. The quantitative estimate of drug-likeness (QED) is 0.521. The van der Waals surface area contributed by atoms with Gasteiger partial charge in [-0.1, -0.05) is 6.58 Å². The zero-order valence-electron chi connectivity index (χ0n) is 5.26. The number of aliphatic hydroxyl groups excluding tert-OH is 1. The molecule has 0 atom stereocenters. The fraction of sp³-hybridized carbons (Fsp3) is 0.333. The van der Waals surface area contributed by atoms with E-state index in [2.05, 4.69) is 18.5 Å². The average Bonchev–Trinajstić information content (AvgIpc) is 1.85. The Hall–Kier alpha value is -0.960. The van der Waals surface area contributed by atoms with Crippen LogP contribution in [0.15, 0.2) is 25.3 Å². The van der Waals surface area contributed by atoms with Crippen molar-refractivity contribution in [3.63, 3.8) is 0 Å². The molecule has 0 saturated carbocycles. The predicted octanol–water partition coefficient (Wildman–Crippen LogP) is 0.200. The Balaban J connectivity index is 3.16. The first-order chi connectivity index (χ1) is 4.31. The van der Waals surface area contributed by atoms with Crippen LogP contribution >= 0.6 is 0 Å². The maximum absolute atomic E-state index is 8.30. The topological polar surface area (TPSA) is 41.5 Å². The van der Waals surface area contributed by atoms with Gasteiger partial charge in [-0.25, -0.2) is 0 Å². The van der Waals surface area contributed by atoms with Crippen molar-refractivity contribution in [1.82, 2.24) is 5.32 Å². The lowest BCUT2D eigenvalue weighted by Crippen LogP contribution is -2.17. The van der Waals surface area contributed by atoms with E-state index in [1.165, 1.54) is 6.26 Å². The minimum Gasteiger partial charge on any atom is -0.450 e. The fourth-order valence-corrected chi connectivity index (χ4v) is 0.338. The molecule has 0 heterocycles. The molecule has 9 heavy (non-hydrogen) atoms. The Kier molecular flexibility index (Phi) is 4.63. The smallest absolute Gasteiger partial charge is 0.185 e. The molecule has 0 saturated heterocycles. The van der Waals surface area contributed by atoms with Crippen LogP contribution in [0.25, 0.3) is 0 Å². The molecule has 0 rings (SSSR count). The van der Waals surface area contributed by atoms with E-state index in [4.69, 9.17) is 9.84 Å². The van der Waals surface area contributed by atoms with Gasteiger partial charge in [-0.3, -0.25) is 0 Å². The molecule has 0 radical (unpaired) electrons. The van der Waals surface area contributed by atoms with E-state index in [0.29, 0.717) is 12.4 Å². The third-order valence-electron chi connectivity index (χ3n) is 0.660. The number of hydrogen-bond acceptors (Lipinski definition) is 3. The lowest BCUT2D eigenvalue weighted by Gasteiger charge is -2.04. The zero-order chi connectivity index (χ0) is 7.11. The summed E-state index contributed by atoms with van der Waals surface area (Å²) in [5, 5.41) is 11.0. The van der Waals surface area contributed by atoms with Crippen LogP contribution in [0.4, 0.5) is 0 Å². The van der Waals surface area contributed by atoms with E-state index in [-0.39, 0.29) is 6.61 Å². The Morgan fingerprint density at radius 1 is 1.78 bits per heavy atom. The summed E-state index contributed by atoms with van der Waals surface area (Å²) >= 11 is 0. The minimum atomic E-state index is 0.0690. The van der Waals surface area contributed by atoms with Crippen LogP contribution in [0.1, 0.15) is 0 Å². The maximum Gasteiger partial charge on any atom is 0.185 e. The lowest BCUT2D eigenvalue weighted by atomic mass is 10.7. The number of aliphatic hydroxyl groups is 1. The van der Waals surface area contributed by atoms with Crippen LogP contribution in [0.5, 0.6) is 0 Å². The van der Waals surface area contributed by atoms with Gasteiger partial charge in [0, 0.05) is 6.54 Å². The van der Waals surface area contributed by atoms with Gasteiger partial charge in [0.15, 0.2) is 5.88 Å². The second kappa shape index (κ2) is 5.18. The molecule has 0 aliphatic heterocycles. The van der Waals surface area contributed by atoms with E-state index >= 15 is 0 Å². The van der Waals surface area contributed by atoms with Crippen LogP contribution < -0.4 is 5.32 Å². The van der Waals surface area contributed by atoms with E-state index < -0.39 is 0 Å². The summed E-state index contributed by atoms with van der Waals surface area (Å²) in [5.74, 6) is 0.402. The minimum absolute atomic E-state index is 0.0690. The van der Waals surface area contributed by atoms with Crippen molar-refractivity contribution in [1.29, 1.82) is 0 Å². The Bertz CT molecular complexity index is 101. The summed E-state index contributed by atoms with van der Waals surface area (Å²) < 4.78 is 4.69. The van der Waals surface area contributed by atoms with Gasteiger partial charge in [-0.15, -0.1) is 0 Å². The van der Waals surface area contributed by atoms with Gasteiger partial charge >= 0.3 is 0 Å². The molecule has 3 heteroatoms. The molecule has 3 nitrogen and oxygen atoms in total. The molecule has 0 unspecified atom stereocenters. The van der Waals surface area contributed by atoms with Gasteiger partial charge in [0.2, 0.25) is 0 Å². The lowest BCUT2D eigenvalue weighted by molar-refractivity contribution is 0.268.